The van der Waals surface area contributed by atoms with E-state index in [4.69, 9.17) is 4.74 Å². The van der Waals surface area contributed by atoms with Gasteiger partial charge in [0.15, 0.2) is 0 Å². The number of carboxylic acids is 1. The Morgan fingerprint density at radius 3 is 2.82 bits per heavy atom. The van der Waals surface area contributed by atoms with Gasteiger partial charge >= 0.3 is 5.97 Å². The fraction of sp³-hybridized carbons (Fsp3) is 0.467. The molecular formula is C15H18FNO4S. The quantitative estimate of drug-likeness (QED) is 0.839. The topological polar surface area (TPSA) is 66.8 Å². The van der Waals surface area contributed by atoms with E-state index < -0.39 is 11.4 Å². The summed E-state index contributed by atoms with van der Waals surface area (Å²) in [5, 5.41) is 9.41. The van der Waals surface area contributed by atoms with E-state index in [1.807, 2.05) is 0 Å². The van der Waals surface area contributed by atoms with Crippen molar-refractivity contribution in [1.82, 2.24) is 4.90 Å². The number of hydrogen-bond acceptors (Lipinski definition) is 4. The molecule has 0 aliphatic carbocycles. The van der Waals surface area contributed by atoms with Crippen LogP contribution in [0.15, 0.2) is 23.1 Å². The molecule has 120 valence electrons. The van der Waals surface area contributed by atoms with E-state index in [1.165, 1.54) is 42.0 Å². The van der Waals surface area contributed by atoms with Crippen LogP contribution in [0.1, 0.15) is 16.8 Å². The first-order valence-electron chi connectivity index (χ1n) is 6.78. The first-order chi connectivity index (χ1) is 10.4. The number of halogens is 1. The minimum Gasteiger partial charge on any atom is -0.481 e. The van der Waals surface area contributed by atoms with Crippen molar-refractivity contribution in [2.45, 2.75) is 11.3 Å². The number of benzene rings is 1. The lowest BCUT2D eigenvalue weighted by Crippen LogP contribution is -2.40. The second-order valence-corrected chi connectivity index (χ2v) is 6.19. The molecule has 1 aliphatic heterocycles. The summed E-state index contributed by atoms with van der Waals surface area (Å²) in [5.41, 5.74) is -0.698. The van der Waals surface area contributed by atoms with E-state index in [0.717, 1.165) is 0 Å². The number of hydrogen-bond donors (Lipinski definition) is 1. The molecule has 1 heterocycles. The van der Waals surface area contributed by atoms with Crippen molar-refractivity contribution in [1.29, 1.82) is 0 Å². The molecule has 1 aliphatic rings. The number of carbonyl (C=O) groups excluding carboxylic acids is 1. The molecule has 1 atom stereocenters. The fourth-order valence-electron chi connectivity index (χ4n) is 2.65. The lowest BCUT2D eigenvalue weighted by molar-refractivity contribution is -0.151. The van der Waals surface area contributed by atoms with Crippen molar-refractivity contribution in [3.63, 3.8) is 0 Å². The molecule has 5 nitrogen and oxygen atoms in total. The molecule has 1 aromatic carbocycles. The molecule has 1 amide bonds. The molecule has 0 radical (unpaired) electrons. The summed E-state index contributed by atoms with van der Waals surface area (Å²) < 4.78 is 18.5. The SMILES string of the molecule is COCC1(C(=O)O)CCN(C(=O)c2ccc(F)c(SC)c2)C1. The van der Waals surface area contributed by atoms with Crippen LogP contribution in [0.3, 0.4) is 0 Å². The third-order valence-electron chi connectivity index (χ3n) is 3.91. The van der Waals surface area contributed by atoms with E-state index in [-0.39, 0.29) is 24.9 Å². The number of ether oxygens (including phenoxy) is 1. The number of carboxylic acid groups (broad SMARTS) is 1. The standard InChI is InChI=1S/C15H18FNO4S/c1-21-9-15(14(19)20)5-6-17(8-15)13(18)10-3-4-11(16)12(7-10)22-2/h3-4,7H,5-6,8-9H2,1-2H3,(H,19,20). The highest BCUT2D eigenvalue weighted by molar-refractivity contribution is 7.98. The molecule has 7 heteroatoms. The Balaban J connectivity index is 2.19. The largest absolute Gasteiger partial charge is 0.481 e. The van der Waals surface area contributed by atoms with Crippen molar-refractivity contribution >= 4 is 23.6 Å². The number of aliphatic carboxylic acids is 1. The van der Waals surface area contributed by atoms with Gasteiger partial charge in [0.1, 0.15) is 11.2 Å². The molecule has 2 rings (SSSR count). The fourth-order valence-corrected chi connectivity index (χ4v) is 3.16. The van der Waals surface area contributed by atoms with Crippen molar-refractivity contribution in [3.8, 4) is 0 Å². The van der Waals surface area contributed by atoms with Crippen molar-refractivity contribution in [3.05, 3.63) is 29.6 Å². The van der Waals surface area contributed by atoms with E-state index >= 15 is 0 Å². The molecule has 1 unspecified atom stereocenters. The van der Waals surface area contributed by atoms with Gasteiger partial charge in [0.05, 0.1) is 6.61 Å². The van der Waals surface area contributed by atoms with Crippen molar-refractivity contribution < 1.29 is 23.8 Å². The first kappa shape index (κ1) is 16.8. The number of likely N-dealkylation sites (tertiary alicyclic amines) is 1. The summed E-state index contributed by atoms with van der Waals surface area (Å²) in [6.07, 6.45) is 2.08. The molecule has 0 bridgehead atoms. The summed E-state index contributed by atoms with van der Waals surface area (Å²) in [6, 6.07) is 4.18. The predicted octanol–water partition coefficient (Wildman–Crippen LogP) is 2.11. The Labute approximate surface area is 132 Å². The zero-order chi connectivity index (χ0) is 16.3. The molecule has 1 fully saturated rings. The van der Waals surface area contributed by atoms with Crippen LogP contribution in [0, 0.1) is 11.2 Å². The highest BCUT2D eigenvalue weighted by atomic mass is 32.2. The van der Waals surface area contributed by atoms with Gasteiger partial charge in [0.2, 0.25) is 0 Å². The zero-order valence-corrected chi connectivity index (χ0v) is 13.3. The zero-order valence-electron chi connectivity index (χ0n) is 12.5. The summed E-state index contributed by atoms with van der Waals surface area (Å²) >= 11 is 1.22. The minimum atomic E-state index is -1.06. The number of carbonyl (C=O) groups is 2. The van der Waals surface area contributed by atoms with Crippen LogP contribution in [0.5, 0.6) is 0 Å². The lowest BCUT2D eigenvalue weighted by atomic mass is 9.88. The monoisotopic (exact) mass is 327 g/mol. The molecular weight excluding hydrogens is 309 g/mol. The number of rotatable bonds is 5. The van der Waals surface area contributed by atoms with E-state index in [2.05, 4.69) is 0 Å². The van der Waals surface area contributed by atoms with Crippen LogP contribution in [0.25, 0.3) is 0 Å². The second-order valence-electron chi connectivity index (χ2n) is 5.34. The first-order valence-corrected chi connectivity index (χ1v) is 8.01. The highest BCUT2D eigenvalue weighted by Gasteiger charge is 2.46. The molecule has 1 saturated heterocycles. The molecule has 22 heavy (non-hydrogen) atoms. The third-order valence-corrected chi connectivity index (χ3v) is 4.67. The maximum atomic E-state index is 13.5. The van der Waals surface area contributed by atoms with E-state index in [0.29, 0.717) is 23.4 Å². The molecule has 1 N–H and O–H groups in total. The summed E-state index contributed by atoms with van der Waals surface area (Å²) in [6.45, 7) is 0.507. The van der Waals surface area contributed by atoms with Gasteiger partial charge in [0.25, 0.3) is 5.91 Å². The maximum Gasteiger partial charge on any atom is 0.313 e. The molecule has 1 aromatic rings. The molecule has 0 aromatic heterocycles. The van der Waals surface area contributed by atoms with Gasteiger partial charge < -0.3 is 14.7 Å². The van der Waals surface area contributed by atoms with Crippen molar-refractivity contribution in [2.75, 3.05) is 33.1 Å². The number of amides is 1. The highest BCUT2D eigenvalue weighted by Crippen LogP contribution is 2.32. The van der Waals surface area contributed by atoms with Crippen LogP contribution in [-0.2, 0) is 9.53 Å². The average molecular weight is 327 g/mol. The average Bonchev–Trinajstić information content (AvgIpc) is 2.93. The van der Waals surface area contributed by atoms with E-state index in [1.54, 1.807) is 6.26 Å². The summed E-state index contributed by atoms with van der Waals surface area (Å²) in [4.78, 5) is 25.9. The molecule has 0 saturated carbocycles. The van der Waals surface area contributed by atoms with Gasteiger partial charge in [-0.05, 0) is 30.9 Å². The number of nitrogens with zero attached hydrogens (tertiary/aromatic N) is 1. The number of thioether (sulfide) groups is 1. The Bertz CT molecular complexity index is 595. The number of methoxy groups -OCH3 is 1. The van der Waals surface area contributed by atoms with Gasteiger partial charge in [-0.2, -0.15) is 0 Å². The van der Waals surface area contributed by atoms with E-state index in [9.17, 15) is 19.1 Å². The van der Waals surface area contributed by atoms with Crippen LogP contribution < -0.4 is 0 Å². The van der Waals surface area contributed by atoms with Gasteiger partial charge in [-0.25, -0.2) is 4.39 Å². The Morgan fingerprint density at radius 1 is 1.50 bits per heavy atom. The summed E-state index contributed by atoms with van der Waals surface area (Å²) in [5.74, 6) is -1.62. The van der Waals surface area contributed by atoms with Gasteiger partial charge in [-0.3, -0.25) is 9.59 Å². The molecule has 0 spiro atoms. The minimum absolute atomic E-state index is 0.0611. The van der Waals surface area contributed by atoms with Gasteiger partial charge in [-0.1, -0.05) is 0 Å². The second kappa shape index (κ2) is 6.66. The lowest BCUT2D eigenvalue weighted by Gasteiger charge is -2.24. The van der Waals surface area contributed by atoms with Crippen LogP contribution in [0.4, 0.5) is 4.39 Å². The Morgan fingerprint density at radius 2 is 2.23 bits per heavy atom. The summed E-state index contributed by atoms with van der Waals surface area (Å²) in [7, 11) is 1.44. The normalized spacial score (nSPS) is 21.1. The smallest absolute Gasteiger partial charge is 0.313 e. The Kier molecular flexibility index (Phi) is 5.08. The third kappa shape index (κ3) is 3.10. The van der Waals surface area contributed by atoms with Crippen LogP contribution in [-0.4, -0.2) is 54.9 Å². The Hall–Kier alpha value is -1.60. The predicted molar refractivity (Wildman–Crippen MR) is 80.6 cm³/mol. The van der Waals surface area contributed by atoms with Crippen LogP contribution in [0.2, 0.25) is 0 Å². The van der Waals surface area contributed by atoms with Crippen molar-refractivity contribution in [2.24, 2.45) is 5.41 Å². The van der Waals surface area contributed by atoms with Crippen LogP contribution >= 0.6 is 11.8 Å². The van der Waals surface area contributed by atoms with Gasteiger partial charge in [0, 0.05) is 30.7 Å². The van der Waals surface area contributed by atoms with Gasteiger partial charge in [-0.15, -0.1) is 11.8 Å². The maximum absolute atomic E-state index is 13.5.